The maximum absolute atomic E-state index is 13.3. The molecule has 0 fully saturated rings. The SMILES string of the molecule is CCc1ncc(C(=O)N(C)CCCc2cc(-c3cccc(F)c3)n[nH]2)s1. The molecule has 136 valence electrons. The van der Waals surface area contributed by atoms with Gasteiger partial charge in [-0.25, -0.2) is 9.37 Å². The van der Waals surface area contributed by atoms with Gasteiger partial charge in [-0.05, 0) is 37.5 Å². The van der Waals surface area contributed by atoms with Crippen molar-refractivity contribution in [3.05, 3.63) is 57.9 Å². The minimum atomic E-state index is -0.276. The van der Waals surface area contributed by atoms with E-state index in [-0.39, 0.29) is 11.7 Å². The predicted octanol–water partition coefficient (Wildman–Crippen LogP) is 3.94. The highest BCUT2D eigenvalue weighted by atomic mass is 32.1. The summed E-state index contributed by atoms with van der Waals surface area (Å²) < 4.78 is 13.3. The smallest absolute Gasteiger partial charge is 0.265 e. The zero-order chi connectivity index (χ0) is 18.5. The van der Waals surface area contributed by atoms with E-state index in [9.17, 15) is 9.18 Å². The number of rotatable bonds is 7. The summed E-state index contributed by atoms with van der Waals surface area (Å²) in [5.41, 5.74) is 2.44. The minimum absolute atomic E-state index is 0.00672. The lowest BCUT2D eigenvalue weighted by Crippen LogP contribution is -2.27. The van der Waals surface area contributed by atoms with Gasteiger partial charge < -0.3 is 4.90 Å². The van der Waals surface area contributed by atoms with Gasteiger partial charge >= 0.3 is 0 Å². The van der Waals surface area contributed by atoms with Gasteiger partial charge in [-0.1, -0.05) is 19.1 Å². The molecule has 0 aliphatic rings. The van der Waals surface area contributed by atoms with E-state index in [1.165, 1.54) is 23.5 Å². The number of carbonyl (C=O) groups excluding carboxylic acids is 1. The molecule has 2 heterocycles. The van der Waals surface area contributed by atoms with E-state index in [4.69, 9.17) is 0 Å². The molecule has 26 heavy (non-hydrogen) atoms. The van der Waals surface area contributed by atoms with Gasteiger partial charge in [0.1, 0.15) is 10.7 Å². The summed E-state index contributed by atoms with van der Waals surface area (Å²) in [6.07, 6.45) is 4.08. The van der Waals surface area contributed by atoms with Crippen LogP contribution in [-0.4, -0.2) is 39.6 Å². The van der Waals surface area contributed by atoms with Crippen molar-refractivity contribution in [1.82, 2.24) is 20.1 Å². The number of nitrogens with one attached hydrogen (secondary N) is 1. The number of carbonyl (C=O) groups is 1. The zero-order valence-electron chi connectivity index (χ0n) is 14.8. The van der Waals surface area contributed by atoms with Gasteiger partial charge in [-0.3, -0.25) is 9.89 Å². The molecule has 0 radical (unpaired) electrons. The van der Waals surface area contributed by atoms with Crippen LogP contribution in [0.25, 0.3) is 11.3 Å². The number of aromatic nitrogens is 3. The van der Waals surface area contributed by atoms with Crippen molar-refractivity contribution in [1.29, 1.82) is 0 Å². The number of benzene rings is 1. The van der Waals surface area contributed by atoms with Crippen LogP contribution in [0.1, 0.15) is 33.7 Å². The second-order valence-corrected chi connectivity index (χ2v) is 7.21. The van der Waals surface area contributed by atoms with Crippen LogP contribution in [-0.2, 0) is 12.8 Å². The molecule has 1 aromatic carbocycles. The van der Waals surface area contributed by atoms with Crippen molar-refractivity contribution in [2.45, 2.75) is 26.2 Å². The summed E-state index contributed by atoms with van der Waals surface area (Å²) >= 11 is 1.45. The molecule has 0 unspecified atom stereocenters. The Kier molecular flexibility index (Phi) is 5.78. The average molecular weight is 372 g/mol. The molecule has 3 rings (SSSR count). The highest BCUT2D eigenvalue weighted by Gasteiger charge is 2.14. The molecule has 2 aromatic heterocycles. The molecular weight excluding hydrogens is 351 g/mol. The first-order chi connectivity index (χ1) is 12.6. The third kappa shape index (κ3) is 4.35. The molecule has 0 saturated carbocycles. The average Bonchev–Trinajstić information content (AvgIpc) is 3.30. The Balaban J connectivity index is 1.52. The number of H-pyrrole nitrogens is 1. The van der Waals surface area contributed by atoms with Crippen LogP contribution in [0.5, 0.6) is 0 Å². The summed E-state index contributed by atoms with van der Waals surface area (Å²) in [4.78, 5) is 19.0. The molecule has 0 bridgehead atoms. The van der Waals surface area contributed by atoms with E-state index in [0.717, 1.165) is 41.2 Å². The van der Waals surface area contributed by atoms with Crippen LogP contribution < -0.4 is 0 Å². The van der Waals surface area contributed by atoms with Crippen LogP contribution in [0.4, 0.5) is 4.39 Å². The molecule has 0 spiro atoms. The second kappa shape index (κ2) is 8.23. The Labute approximate surface area is 155 Å². The van der Waals surface area contributed by atoms with Crippen LogP contribution in [0, 0.1) is 5.82 Å². The molecule has 1 amide bonds. The normalized spacial score (nSPS) is 10.9. The van der Waals surface area contributed by atoms with Crippen LogP contribution in [0.2, 0.25) is 0 Å². The molecule has 1 N–H and O–H groups in total. The number of halogens is 1. The van der Waals surface area contributed by atoms with E-state index in [1.807, 2.05) is 19.1 Å². The van der Waals surface area contributed by atoms with Gasteiger partial charge in [0.15, 0.2) is 0 Å². The third-order valence-electron chi connectivity index (χ3n) is 4.10. The van der Waals surface area contributed by atoms with Crippen LogP contribution >= 0.6 is 11.3 Å². The molecule has 0 saturated heterocycles. The Morgan fingerprint density at radius 3 is 2.92 bits per heavy atom. The minimum Gasteiger partial charge on any atom is -0.341 e. The van der Waals surface area contributed by atoms with E-state index < -0.39 is 0 Å². The summed E-state index contributed by atoms with van der Waals surface area (Å²) in [5.74, 6) is -0.270. The first-order valence-corrected chi connectivity index (χ1v) is 9.39. The van der Waals surface area contributed by atoms with Crippen molar-refractivity contribution >= 4 is 17.2 Å². The fraction of sp³-hybridized carbons (Fsp3) is 0.316. The van der Waals surface area contributed by atoms with Gasteiger partial charge in [-0.15, -0.1) is 11.3 Å². The highest BCUT2D eigenvalue weighted by molar-refractivity contribution is 7.13. The quantitative estimate of drug-likeness (QED) is 0.683. The van der Waals surface area contributed by atoms with Crippen LogP contribution in [0.15, 0.2) is 36.5 Å². The number of thiazole rings is 1. The molecule has 0 aliphatic heterocycles. The molecule has 3 aromatic rings. The van der Waals surface area contributed by atoms with Crippen molar-refractivity contribution < 1.29 is 9.18 Å². The first-order valence-electron chi connectivity index (χ1n) is 8.57. The van der Waals surface area contributed by atoms with Crippen molar-refractivity contribution in [2.75, 3.05) is 13.6 Å². The molecule has 0 atom stereocenters. The topological polar surface area (TPSA) is 61.9 Å². The monoisotopic (exact) mass is 372 g/mol. The van der Waals surface area contributed by atoms with E-state index in [2.05, 4.69) is 15.2 Å². The number of aromatic amines is 1. The molecule has 0 aliphatic carbocycles. The fourth-order valence-corrected chi connectivity index (χ4v) is 3.51. The summed E-state index contributed by atoms with van der Waals surface area (Å²) in [7, 11) is 1.80. The largest absolute Gasteiger partial charge is 0.341 e. The lowest BCUT2D eigenvalue weighted by molar-refractivity contribution is 0.0798. The van der Waals surface area contributed by atoms with Gasteiger partial charge in [0, 0.05) is 24.8 Å². The Bertz CT molecular complexity index is 889. The van der Waals surface area contributed by atoms with Crippen molar-refractivity contribution in [3.63, 3.8) is 0 Å². The lowest BCUT2D eigenvalue weighted by Gasteiger charge is -2.15. The van der Waals surface area contributed by atoms with Gasteiger partial charge in [0.2, 0.25) is 0 Å². The first kappa shape index (κ1) is 18.3. The fourth-order valence-electron chi connectivity index (χ4n) is 2.65. The van der Waals surface area contributed by atoms with E-state index in [0.29, 0.717) is 11.4 Å². The Morgan fingerprint density at radius 2 is 2.19 bits per heavy atom. The van der Waals surface area contributed by atoms with Crippen molar-refractivity contribution in [3.8, 4) is 11.3 Å². The molecule has 7 heteroatoms. The number of hydrogen-bond acceptors (Lipinski definition) is 4. The summed E-state index contributed by atoms with van der Waals surface area (Å²) in [6.45, 7) is 2.67. The van der Waals surface area contributed by atoms with Gasteiger partial charge in [0.25, 0.3) is 5.91 Å². The summed E-state index contributed by atoms with van der Waals surface area (Å²) in [6, 6.07) is 8.30. The third-order valence-corrected chi connectivity index (χ3v) is 5.23. The maximum atomic E-state index is 13.3. The lowest BCUT2D eigenvalue weighted by atomic mass is 10.1. The van der Waals surface area contributed by atoms with Gasteiger partial charge in [-0.2, -0.15) is 5.10 Å². The Morgan fingerprint density at radius 1 is 1.35 bits per heavy atom. The van der Waals surface area contributed by atoms with Crippen LogP contribution in [0.3, 0.4) is 0 Å². The standard InChI is InChI=1S/C19H21FN4OS/c1-3-18-21-12-17(26-18)19(25)24(2)9-5-8-15-11-16(23-22-15)13-6-4-7-14(20)10-13/h4,6-7,10-12H,3,5,8-9H2,1-2H3,(H,22,23). The van der Waals surface area contributed by atoms with E-state index in [1.54, 1.807) is 24.2 Å². The summed E-state index contributed by atoms with van der Waals surface area (Å²) in [5, 5.41) is 8.20. The number of amides is 1. The molecule has 5 nitrogen and oxygen atoms in total. The molecular formula is C19H21FN4OS. The number of hydrogen-bond donors (Lipinski definition) is 1. The zero-order valence-corrected chi connectivity index (χ0v) is 15.6. The van der Waals surface area contributed by atoms with E-state index >= 15 is 0 Å². The maximum Gasteiger partial charge on any atom is 0.265 e. The van der Waals surface area contributed by atoms with Crippen molar-refractivity contribution in [2.24, 2.45) is 0 Å². The predicted molar refractivity (Wildman–Crippen MR) is 101 cm³/mol. The highest BCUT2D eigenvalue weighted by Crippen LogP contribution is 2.19. The number of nitrogens with zero attached hydrogens (tertiary/aromatic N) is 3. The number of aryl methyl sites for hydroxylation is 2. The second-order valence-electron chi connectivity index (χ2n) is 6.09. The van der Waals surface area contributed by atoms with Gasteiger partial charge in [0.05, 0.1) is 16.9 Å². The Hall–Kier alpha value is -2.54.